The Kier molecular flexibility index (Phi) is 6.79. The molecule has 1 aromatic rings. The average Bonchev–Trinajstić information content (AvgIpc) is 2.35. The van der Waals surface area contributed by atoms with E-state index < -0.39 is 4.92 Å². The van der Waals surface area contributed by atoms with Gasteiger partial charge in [-0.05, 0) is 25.0 Å². The Morgan fingerprint density at radius 3 is 2.68 bits per heavy atom. The standard InChI is InChI=1S/C13H17Br2NO3/c1-3-4-10(7-14)8-19-13-9(2)5-11(15)6-12(13)16(17)18/h5-6,10H,3-4,7-8H2,1-2H3. The predicted octanol–water partition coefficient (Wildman–Crippen LogP) is 4.86. The van der Waals surface area contributed by atoms with Crippen LogP contribution in [0.3, 0.4) is 0 Å². The van der Waals surface area contributed by atoms with Gasteiger partial charge < -0.3 is 4.74 Å². The van der Waals surface area contributed by atoms with Crippen LogP contribution >= 0.6 is 31.9 Å². The molecule has 0 bridgehead atoms. The van der Waals surface area contributed by atoms with Gasteiger partial charge in [0.2, 0.25) is 0 Å². The quantitative estimate of drug-likeness (QED) is 0.377. The molecular weight excluding hydrogens is 378 g/mol. The van der Waals surface area contributed by atoms with Gasteiger partial charge in [0.15, 0.2) is 5.75 Å². The number of nitrogens with zero attached hydrogens (tertiary/aromatic N) is 1. The number of nitro groups is 1. The van der Waals surface area contributed by atoms with Gasteiger partial charge in [-0.25, -0.2) is 0 Å². The Hall–Kier alpha value is -0.620. The molecule has 106 valence electrons. The third-order valence-corrected chi connectivity index (χ3v) is 4.17. The number of benzene rings is 1. The van der Waals surface area contributed by atoms with Crippen molar-refractivity contribution in [3.63, 3.8) is 0 Å². The molecule has 0 aromatic heterocycles. The Morgan fingerprint density at radius 2 is 2.16 bits per heavy atom. The number of aryl methyl sites for hydroxylation is 1. The van der Waals surface area contributed by atoms with Crippen LogP contribution in [0.1, 0.15) is 25.3 Å². The average molecular weight is 395 g/mol. The molecule has 0 saturated heterocycles. The van der Waals surface area contributed by atoms with E-state index in [-0.39, 0.29) is 5.69 Å². The topological polar surface area (TPSA) is 52.4 Å². The molecule has 0 spiro atoms. The van der Waals surface area contributed by atoms with Crippen molar-refractivity contribution in [3.8, 4) is 5.75 Å². The number of halogens is 2. The van der Waals surface area contributed by atoms with Crippen LogP contribution in [-0.4, -0.2) is 16.9 Å². The normalized spacial score (nSPS) is 12.2. The third kappa shape index (κ3) is 4.76. The van der Waals surface area contributed by atoms with Crippen molar-refractivity contribution >= 4 is 37.5 Å². The summed E-state index contributed by atoms with van der Waals surface area (Å²) in [4.78, 5) is 10.7. The lowest BCUT2D eigenvalue weighted by Gasteiger charge is -2.15. The number of nitro benzene ring substituents is 1. The van der Waals surface area contributed by atoms with Crippen molar-refractivity contribution in [2.45, 2.75) is 26.7 Å². The summed E-state index contributed by atoms with van der Waals surface area (Å²) in [5.41, 5.74) is 0.780. The van der Waals surface area contributed by atoms with Crippen molar-refractivity contribution in [1.29, 1.82) is 0 Å². The first kappa shape index (κ1) is 16.4. The molecule has 0 radical (unpaired) electrons. The minimum absolute atomic E-state index is 0.0108. The van der Waals surface area contributed by atoms with Gasteiger partial charge in [-0.1, -0.05) is 45.2 Å². The molecule has 1 aromatic carbocycles. The zero-order valence-corrected chi connectivity index (χ0v) is 14.2. The second-order valence-electron chi connectivity index (χ2n) is 4.45. The highest BCUT2D eigenvalue weighted by atomic mass is 79.9. The second-order valence-corrected chi connectivity index (χ2v) is 6.01. The van der Waals surface area contributed by atoms with E-state index in [4.69, 9.17) is 4.74 Å². The zero-order valence-electron chi connectivity index (χ0n) is 11.0. The van der Waals surface area contributed by atoms with Crippen molar-refractivity contribution in [2.24, 2.45) is 5.92 Å². The van der Waals surface area contributed by atoms with Gasteiger partial charge in [0.05, 0.1) is 11.5 Å². The van der Waals surface area contributed by atoms with E-state index in [0.717, 1.165) is 23.7 Å². The molecule has 1 unspecified atom stereocenters. The maximum absolute atomic E-state index is 11.1. The number of alkyl halides is 1. The van der Waals surface area contributed by atoms with E-state index in [1.807, 2.05) is 13.0 Å². The first-order valence-corrected chi connectivity index (χ1v) is 8.04. The molecule has 0 N–H and O–H groups in total. The van der Waals surface area contributed by atoms with Gasteiger partial charge in [-0.15, -0.1) is 0 Å². The summed E-state index contributed by atoms with van der Waals surface area (Å²) in [6, 6.07) is 3.30. The highest BCUT2D eigenvalue weighted by Gasteiger charge is 2.20. The van der Waals surface area contributed by atoms with Crippen LogP contribution in [-0.2, 0) is 0 Å². The van der Waals surface area contributed by atoms with Crippen molar-refractivity contribution < 1.29 is 9.66 Å². The van der Waals surface area contributed by atoms with E-state index in [2.05, 4.69) is 38.8 Å². The fourth-order valence-corrected chi connectivity index (χ4v) is 2.92. The number of rotatable bonds is 7. The largest absolute Gasteiger partial charge is 0.486 e. The van der Waals surface area contributed by atoms with Crippen molar-refractivity contribution in [2.75, 3.05) is 11.9 Å². The smallest absolute Gasteiger partial charge is 0.312 e. The summed E-state index contributed by atoms with van der Waals surface area (Å²) in [7, 11) is 0. The Bertz CT molecular complexity index is 452. The molecule has 0 amide bonds. The van der Waals surface area contributed by atoms with E-state index in [1.165, 1.54) is 6.07 Å². The summed E-state index contributed by atoms with van der Waals surface area (Å²) < 4.78 is 6.39. The Balaban J connectivity index is 2.90. The molecule has 1 rings (SSSR count). The van der Waals surface area contributed by atoms with Crippen LogP contribution in [0.25, 0.3) is 0 Å². The fourth-order valence-electron chi connectivity index (χ4n) is 1.85. The molecular formula is C13H17Br2NO3. The lowest BCUT2D eigenvalue weighted by Crippen LogP contribution is -2.14. The summed E-state index contributed by atoms with van der Waals surface area (Å²) >= 11 is 6.71. The lowest BCUT2D eigenvalue weighted by atomic mass is 10.1. The molecule has 0 heterocycles. The third-order valence-electron chi connectivity index (χ3n) is 2.80. The first-order chi connectivity index (χ1) is 8.99. The van der Waals surface area contributed by atoms with E-state index in [9.17, 15) is 10.1 Å². The molecule has 0 saturated carbocycles. The van der Waals surface area contributed by atoms with Gasteiger partial charge in [-0.2, -0.15) is 0 Å². The van der Waals surface area contributed by atoms with Crippen LogP contribution in [0, 0.1) is 23.0 Å². The molecule has 0 fully saturated rings. The molecule has 0 aliphatic carbocycles. The van der Waals surface area contributed by atoms with Gasteiger partial charge in [0.25, 0.3) is 0 Å². The molecule has 0 aliphatic rings. The minimum Gasteiger partial charge on any atom is -0.486 e. The highest BCUT2D eigenvalue weighted by molar-refractivity contribution is 9.10. The van der Waals surface area contributed by atoms with E-state index >= 15 is 0 Å². The first-order valence-electron chi connectivity index (χ1n) is 6.12. The monoisotopic (exact) mass is 393 g/mol. The van der Waals surface area contributed by atoms with Crippen LogP contribution in [0.15, 0.2) is 16.6 Å². The van der Waals surface area contributed by atoms with E-state index in [1.54, 1.807) is 0 Å². The fraction of sp³-hybridized carbons (Fsp3) is 0.538. The molecule has 4 nitrogen and oxygen atoms in total. The molecule has 6 heteroatoms. The highest BCUT2D eigenvalue weighted by Crippen LogP contribution is 2.34. The summed E-state index contributed by atoms with van der Waals surface area (Å²) in [6.45, 7) is 4.42. The van der Waals surface area contributed by atoms with Gasteiger partial charge in [0.1, 0.15) is 0 Å². The minimum atomic E-state index is -0.407. The summed E-state index contributed by atoms with van der Waals surface area (Å²) in [5.74, 6) is 0.739. The van der Waals surface area contributed by atoms with Crippen molar-refractivity contribution in [1.82, 2.24) is 0 Å². The van der Waals surface area contributed by atoms with Crippen LogP contribution in [0.4, 0.5) is 5.69 Å². The second kappa shape index (κ2) is 7.85. The van der Waals surface area contributed by atoms with Crippen molar-refractivity contribution in [3.05, 3.63) is 32.3 Å². The molecule has 19 heavy (non-hydrogen) atoms. The molecule has 0 aliphatic heterocycles. The van der Waals surface area contributed by atoms with Crippen LogP contribution in [0.5, 0.6) is 5.75 Å². The lowest BCUT2D eigenvalue weighted by molar-refractivity contribution is -0.386. The summed E-state index contributed by atoms with van der Waals surface area (Å²) in [5, 5.41) is 11.9. The van der Waals surface area contributed by atoms with Gasteiger partial charge in [0, 0.05) is 21.8 Å². The van der Waals surface area contributed by atoms with Crippen LogP contribution < -0.4 is 4.74 Å². The predicted molar refractivity (Wildman–Crippen MR) is 83.2 cm³/mol. The number of hydrogen-bond acceptors (Lipinski definition) is 3. The zero-order chi connectivity index (χ0) is 14.4. The summed E-state index contributed by atoms with van der Waals surface area (Å²) in [6.07, 6.45) is 2.11. The van der Waals surface area contributed by atoms with E-state index in [0.29, 0.717) is 22.7 Å². The number of ether oxygens (including phenoxy) is 1. The number of hydrogen-bond donors (Lipinski definition) is 0. The van der Waals surface area contributed by atoms with Crippen LogP contribution in [0.2, 0.25) is 0 Å². The maximum Gasteiger partial charge on any atom is 0.312 e. The van der Waals surface area contributed by atoms with Gasteiger partial charge >= 0.3 is 5.69 Å². The Labute approximate surface area is 129 Å². The van der Waals surface area contributed by atoms with Gasteiger partial charge in [-0.3, -0.25) is 10.1 Å². The Morgan fingerprint density at radius 1 is 1.47 bits per heavy atom. The SMILES string of the molecule is CCCC(CBr)COc1c(C)cc(Br)cc1[N+](=O)[O-]. The molecule has 1 atom stereocenters. The maximum atomic E-state index is 11.1.